The van der Waals surface area contributed by atoms with Crippen LogP contribution in [0.15, 0.2) is 42.5 Å². The molecule has 152 valence electrons. The molecule has 28 heavy (non-hydrogen) atoms. The minimum atomic E-state index is -0.158. The number of benzene rings is 2. The van der Waals surface area contributed by atoms with E-state index in [1.165, 1.54) is 23.1 Å². The van der Waals surface area contributed by atoms with E-state index in [-0.39, 0.29) is 24.0 Å². The van der Waals surface area contributed by atoms with Gasteiger partial charge in [-0.1, -0.05) is 30.3 Å². The molecule has 4 rings (SSSR count). The largest absolute Gasteiger partial charge is 0.497 e. The van der Waals surface area contributed by atoms with E-state index in [1.54, 1.807) is 7.11 Å². The molecule has 1 fully saturated rings. The standard InChI is InChI=1S/C23H30N2O2.ClH/c1-23(2)15-19-14-20(26-3)13-18(22(19)27-23)12-17-10-7-11-25(24)21(17)16-8-5-4-6-9-16;/h4-6,8-9,13-14,17,21H,7,10-12,15,24H2,1-3H3;1H/t17-,21+;/m0./s1. The third kappa shape index (κ3) is 4.14. The Balaban J connectivity index is 0.00000225. The van der Waals surface area contributed by atoms with Crippen LogP contribution in [-0.2, 0) is 12.8 Å². The van der Waals surface area contributed by atoms with Crippen LogP contribution in [0.2, 0.25) is 0 Å². The monoisotopic (exact) mass is 402 g/mol. The van der Waals surface area contributed by atoms with Crippen LogP contribution in [0.4, 0.5) is 0 Å². The Morgan fingerprint density at radius 1 is 1.21 bits per heavy atom. The maximum Gasteiger partial charge on any atom is 0.126 e. The summed E-state index contributed by atoms with van der Waals surface area (Å²) in [5, 5.41) is 2.02. The molecule has 0 amide bonds. The smallest absolute Gasteiger partial charge is 0.126 e. The van der Waals surface area contributed by atoms with Crippen LogP contribution in [0.5, 0.6) is 11.5 Å². The first-order chi connectivity index (χ1) is 13.0. The predicted octanol–water partition coefficient (Wildman–Crippen LogP) is 4.70. The molecule has 2 aliphatic heterocycles. The van der Waals surface area contributed by atoms with E-state index >= 15 is 0 Å². The lowest BCUT2D eigenvalue weighted by molar-refractivity contribution is 0.0909. The summed E-state index contributed by atoms with van der Waals surface area (Å²) in [6.07, 6.45) is 4.16. The molecule has 0 spiro atoms. The molecule has 5 heteroatoms. The minimum absolute atomic E-state index is 0. The maximum absolute atomic E-state index is 6.44. The van der Waals surface area contributed by atoms with Crippen molar-refractivity contribution in [3.63, 3.8) is 0 Å². The van der Waals surface area contributed by atoms with Gasteiger partial charge >= 0.3 is 0 Å². The van der Waals surface area contributed by atoms with Gasteiger partial charge in [-0.05, 0) is 62.3 Å². The lowest BCUT2D eigenvalue weighted by atomic mass is 9.81. The van der Waals surface area contributed by atoms with Gasteiger partial charge in [-0.3, -0.25) is 5.84 Å². The van der Waals surface area contributed by atoms with E-state index < -0.39 is 0 Å². The molecule has 0 unspecified atom stereocenters. The number of methoxy groups -OCH3 is 1. The van der Waals surface area contributed by atoms with Crippen LogP contribution in [0.3, 0.4) is 0 Å². The van der Waals surface area contributed by atoms with Crippen LogP contribution in [0.1, 0.15) is 49.4 Å². The zero-order valence-electron chi connectivity index (χ0n) is 17.0. The van der Waals surface area contributed by atoms with Crippen LogP contribution >= 0.6 is 12.4 Å². The van der Waals surface area contributed by atoms with E-state index in [1.807, 2.05) is 5.01 Å². The number of ether oxygens (including phenoxy) is 2. The third-order valence-corrected chi connectivity index (χ3v) is 5.86. The number of rotatable bonds is 4. The highest BCUT2D eigenvalue weighted by Gasteiger charge is 2.36. The Morgan fingerprint density at radius 2 is 1.96 bits per heavy atom. The minimum Gasteiger partial charge on any atom is -0.497 e. The molecule has 2 aliphatic rings. The molecular formula is C23H31ClN2O2. The summed E-state index contributed by atoms with van der Waals surface area (Å²) >= 11 is 0. The van der Waals surface area contributed by atoms with Gasteiger partial charge in [0.25, 0.3) is 0 Å². The Labute approximate surface area is 174 Å². The third-order valence-electron chi connectivity index (χ3n) is 5.86. The predicted molar refractivity (Wildman–Crippen MR) is 115 cm³/mol. The molecule has 2 aromatic rings. The highest BCUT2D eigenvalue weighted by atomic mass is 35.5. The van der Waals surface area contributed by atoms with Gasteiger partial charge in [0.15, 0.2) is 0 Å². The summed E-state index contributed by atoms with van der Waals surface area (Å²) < 4.78 is 11.9. The summed E-state index contributed by atoms with van der Waals surface area (Å²) in [6, 6.07) is 15.2. The molecule has 2 aromatic carbocycles. The summed E-state index contributed by atoms with van der Waals surface area (Å²) in [4.78, 5) is 0. The number of hydrogen-bond donors (Lipinski definition) is 1. The van der Waals surface area contributed by atoms with E-state index in [0.717, 1.165) is 37.3 Å². The van der Waals surface area contributed by atoms with Gasteiger partial charge in [0, 0.05) is 18.5 Å². The van der Waals surface area contributed by atoms with Gasteiger partial charge in [-0.15, -0.1) is 12.4 Å². The normalized spacial score (nSPS) is 23.4. The van der Waals surface area contributed by atoms with Crippen molar-refractivity contribution in [1.29, 1.82) is 0 Å². The molecule has 0 radical (unpaired) electrons. The van der Waals surface area contributed by atoms with Crippen LogP contribution < -0.4 is 15.3 Å². The first-order valence-electron chi connectivity index (χ1n) is 9.92. The van der Waals surface area contributed by atoms with Gasteiger partial charge in [-0.2, -0.15) is 0 Å². The topological polar surface area (TPSA) is 47.7 Å². The van der Waals surface area contributed by atoms with Crippen molar-refractivity contribution in [3.8, 4) is 11.5 Å². The fourth-order valence-electron chi connectivity index (χ4n) is 4.74. The van der Waals surface area contributed by atoms with Crippen molar-refractivity contribution in [1.82, 2.24) is 5.01 Å². The van der Waals surface area contributed by atoms with Gasteiger partial charge in [0.1, 0.15) is 17.1 Å². The maximum atomic E-state index is 6.44. The quantitative estimate of drug-likeness (QED) is 0.753. The lowest BCUT2D eigenvalue weighted by Crippen LogP contribution is -2.44. The molecule has 0 aliphatic carbocycles. The van der Waals surface area contributed by atoms with Crippen LogP contribution in [0, 0.1) is 5.92 Å². The average Bonchev–Trinajstić information content (AvgIpc) is 2.96. The van der Waals surface area contributed by atoms with Crippen LogP contribution in [0.25, 0.3) is 0 Å². The second kappa shape index (κ2) is 8.32. The summed E-state index contributed by atoms with van der Waals surface area (Å²) in [5.41, 5.74) is 3.64. The van der Waals surface area contributed by atoms with Crippen molar-refractivity contribution in [2.24, 2.45) is 11.8 Å². The summed E-state index contributed by atoms with van der Waals surface area (Å²) in [5.74, 6) is 8.87. The number of piperidine rings is 1. The molecule has 1 saturated heterocycles. The van der Waals surface area contributed by atoms with Crippen molar-refractivity contribution >= 4 is 12.4 Å². The molecule has 0 saturated carbocycles. The number of nitrogens with zero attached hydrogens (tertiary/aromatic N) is 1. The first kappa shape index (κ1) is 21.0. The second-order valence-corrected chi connectivity index (χ2v) is 8.51. The van der Waals surface area contributed by atoms with Gasteiger partial charge in [0.2, 0.25) is 0 Å². The summed E-state index contributed by atoms with van der Waals surface area (Å²) in [7, 11) is 1.74. The van der Waals surface area contributed by atoms with Crippen molar-refractivity contribution < 1.29 is 9.47 Å². The number of halogens is 1. The molecule has 4 nitrogen and oxygen atoms in total. The number of nitrogens with two attached hydrogens (primary N) is 1. The van der Waals surface area contributed by atoms with Crippen molar-refractivity contribution in [2.45, 2.75) is 51.2 Å². The van der Waals surface area contributed by atoms with Crippen molar-refractivity contribution in [2.75, 3.05) is 13.7 Å². The van der Waals surface area contributed by atoms with Crippen molar-refractivity contribution in [3.05, 3.63) is 59.2 Å². The van der Waals surface area contributed by atoms with Gasteiger partial charge in [0.05, 0.1) is 13.2 Å². The fraction of sp³-hybridized carbons (Fsp3) is 0.478. The Bertz CT molecular complexity index is 810. The molecule has 2 N–H and O–H groups in total. The van der Waals surface area contributed by atoms with Gasteiger partial charge in [-0.25, -0.2) is 5.01 Å². The molecule has 0 aromatic heterocycles. The summed E-state index contributed by atoms with van der Waals surface area (Å²) in [6.45, 7) is 5.24. The zero-order valence-corrected chi connectivity index (χ0v) is 17.8. The second-order valence-electron chi connectivity index (χ2n) is 8.51. The molecule has 2 heterocycles. The van der Waals surface area contributed by atoms with E-state index in [0.29, 0.717) is 5.92 Å². The number of fused-ring (bicyclic) bond motifs is 1. The highest BCUT2D eigenvalue weighted by Crippen LogP contribution is 2.44. The molecule has 2 atom stereocenters. The number of hydrogen-bond acceptors (Lipinski definition) is 4. The SMILES string of the molecule is COc1cc(C[C@@H]2CCCN(N)[C@@H]2c2ccccc2)c2c(c1)CC(C)(C)O2.Cl. The van der Waals surface area contributed by atoms with E-state index in [4.69, 9.17) is 15.3 Å². The zero-order chi connectivity index (χ0) is 19.0. The molecule has 0 bridgehead atoms. The Kier molecular flexibility index (Phi) is 6.23. The number of hydrazine groups is 1. The first-order valence-corrected chi connectivity index (χ1v) is 9.92. The van der Waals surface area contributed by atoms with Crippen LogP contribution in [-0.4, -0.2) is 24.3 Å². The van der Waals surface area contributed by atoms with E-state index in [9.17, 15) is 0 Å². The van der Waals surface area contributed by atoms with Gasteiger partial charge < -0.3 is 9.47 Å². The lowest BCUT2D eigenvalue weighted by Gasteiger charge is -2.39. The highest BCUT2D eigenvalue weighted by molar-refractivity contribution is 5.85. The average molecular weight is 403 g/mol. The van der Waals surface area contributed by atoms with E-state index in [2.05, 4.69) is 56.3 Å². The Hall–Kier alpha value is -1.75. The molecular weight excluding hydrogens is 372 g/mol. The Morgan fingerprint density at radius 3 is 2.68 bits per heavy atom. The fourth-order valence-corrected chi connectivity index (χ4v) is 4.74.